The van der Waals surface area contributed by atoms with E-state index in [9.17, 15) is 8.42 Å². The fraction of sp³-hybridized carbons (Fsp3) is 0.267. The molecular weight excluding hydrogens is 272 g/mol. The number of rotatable bonds is 3. The Morgan fingerprint density at radius 2 is 1.50 bits per heavy atom. The molecule has 20 heavy (non-hydrogen) atoms. The van der Waals surface area contributed by atoms with Gasteiger partial charge in [-0.05, 0) is 35.2 Å². The summed E-state index contributed by atoms with van der Waals surface area (Å²) in [5, 5.41) is 0. The summed E-state index contributed by atoms with van der Waals surface area (Å²) in [7, 11) is -3.55. The lowest BCUT2D eigenvalue weighted by molar-refractivity contribution is 0.587. The third-order valence-corrected chi connectivity index (χ3v) is 4.36. The first-order valence-corrected chi connectivity index (χ1v) is 7.81. The van der Waals surface area contributed by atoms with E-state index < -0.39 is 10.0 Å². The maximum Gasteiger partial charge on any atom is 0.261 e. The highest BCUT2D eigenvalue weighted by Gasteiger charge is 2.17. The zero-order valence-electron chi connectivity index (χ0n) is 11.8. The maximum atomic E-state index is 12.2. The number of anilines is 1. The Morgan fingerprint density at radius 3 is 2.00 bits per heavy atom. The maximum absolute atomic E-state index is 12.2. The Morgan fingerprint density at radius 1 is 0.950 bits per heavy atom. The first-order valence-electron chi connectivity index (χ1n) is 6.32. The Kier molecular flexibility index (Phi) is 3.81. The van der Waals surface area contributed by atoms with Crippen molar-refractivity contribution in [2.24, 2.45) is 0 Å². The number of pyridine rings is 1. The summed E-state index contributed by atoms with van der Waals surface area (Å²) in [6, 6.07) is 10.2. The van der Waals surface area contributed by atoms with Crippen LogP contribution in [-0.2, 0) is 15.4 Å². The van der Waals surface area contributed by atoms with E-state index in [-0.39, 0.29) is 10.3 Å². The Bertz CT molecular complexity index is 672. The number of benzene rings is 1. The van der Waals surface area contributed by atoms with Crippen LogP contribution in [0.4, 0.5) is 5.69 Å². The van der Waals surface area contributed by atoms with E-state index in [0.29, 0.717) is 5.69 Å². The van der Waals surface area contributed by atoms with Crippen molar-refractivity contribution in [1.29, 1.82) is 0 Å². The minimum absolute atomic E-state index is 0.000813. The monoisotopic (exact) mass is 290 g/mol. The van der Waals surface area contributed by atoms with E-state index in [4.69, 9.17) is 0 Å². The van der Waals surface area contributed by atoms with Crippen LogP contribution in [0.1, 0.15) is 26.3 Å². The summed E-state index contributed by atoms with van der Waals surface area (Å²) in [6.07, 6.45) is 3.08. The van der Waals surface area contributed by atoms with Gasteiger partial charge in [-0.2, -0.15) is 0 Å². The minimum Gasteiger partial charge on any atom is -0.280 e. The lowest BCUT2D eigenvalue weighted by Gasteiger charge is -2.19. The van der Waals surface area contributed by atoms with Crippen molar-refractivity contribution in [2.45, 2.75) is 31.1 Å². The van der Waals surface area contributed by atoms with Crippen molar-refractivity contribution in [2.75, 3.05) is 4.72 Å². The van der Waals surface area contributed by atoms with Crippen LogP contribution in [0.3, 0.4) is 0 Å². The zero-order chi connectivity index (χ0) is 14.8. The molecular formula is C15H18N2O2S. The van der Waals surface area contributed by atoms with Gasteiger partial charge >= 0.3 is 0 Å². The number of nitrogens with zero attached hydrogens (tertiary/aromatic N) is 1. The third-order valence-electron chi connectivity index (χ3n) is 2.96. The van der Waals surface area contributed by atoms with Gasteiger partial charge in [-0.1, -0.05) is 32.9 Å². The number of nitrogens with one attached hydrogen (secondary N) is 1. The zero-order valence-corrected chi connectivity index (χ0v) is 12.6. The predicted molar refractivity (Wildman–Crippen MR) is 80.2 cm³/mol. The van der Waals surface area contributed by atoms with Gasteiger partial charge in [-0.3, -0.25) is 9.71 Å². The van der Waals surface area contributed by atoms with Gasteiger partial charge in [0.25, 0.3) is 10.0 Å². The molecule has 0 atom stereocenters. The largest absolute Gasteiger partial charge is 0.280 e. The van der Waals surface area contributed by atoms with Gasteiger partial charge in [0.15, 0.2) is 0 Å². The van der Waals surface area contributed by atoms with Crippen LogP contribution in [0.25, 0.3) is 0 Å². The molecule has 1 aromatic heterocycles. The number of sulfonamides is 1. The smallest absolute Gasteiger partial charge is 0.261 e. The van der Waals surface area contributed by atoms with Crippen molar-refractivity contribution in [3.05, 3.63) is 54.4 Å². The normalized spacial score (nSPS) is 12.2. The van der Waals surface area contributed by atoms with Crippen LogP contribution >= 0.6 is 0 Å². The van der Waals surface area contributed by atoms with E-state index in [1.807, 2.05) is 12.1 Å². The van der Waals surface area contributed by atoms with Crippen LogP contribution in [0.5, 0.6) is 0 Å². The average Bonchev–Trinajstić information content (AvgIpc) is 2.38. The fourth-order valence-electron chi connectivity index (χ4n) is 1.77. The molecule has 0 saturated carbocycles. The molecule has 106 valence electrons. The van der Waals surface area contributed by atoms with Gasteiger partial charge in [-0.15, -0.1) is 0 Å². The lowest BCUT2D eigenvalue weighted by atomic mass is 9.87. The molecule has 0 aliphatic heterocycles. The van der Waals surface area contributed by atoms with Gasteiger partial charge in [0.2, 0.25) is 0 Å². The van der Waals surface area contributed by atoms with Gasteiger partial charge in [-0.25, -0.2) is 8.42 Å². The first kappa shape index (κ1) is 14.5. The van der Waals surface area contributed by atoms with Crippen LogP contribution in [0, 0.1) is 0 Å². The topological polar surface area (TPSA) is 59.1 Å². The van der Waals surface area contributed by atoms with Crippen molar-refractivity contribution in [3.63, 3.8) is 0 Å². The van der Waals surface area contributed by atoms with E-state index in [2.05, 4.69) is 30.5 Å². The number of hydrogen-bond donors (Lipinski definition) is 1. The summed E-state index contributed by atoms with van der Waals surface area (Å²) in [5.74, 6) is 0. The third kappa shape index (κ3) is 3.36. The molecule has 1 heterocycles. The molecule has 0 amide bonds. The SMILES string of the molecule is CC(C)(C)c1ccc(S(=O)(=O)Nc2ccncc2)cc1. The van der Waals surface area contributed by atoms with E-state index in [1.54, 1.807) is 36.7 Å². The predicted octanol–water partition coefficient (Wildman–Crippen LogP) is 3.18. The Balaban J connectivity index is 2.27. The second kappa shape index (κ2) is 5.25. The summed E-state index contributed by atoms with van der Waals surface area (Å²) in [5.41, 5.74) is 1.60. The molecule has 0 aliphatic carbocycles. The van der Waals surface area contributed by atoms with Crippen molar-refractivity contribution in [3.8, 4) is 0 Å². The van der Waals surface area contributed by atoms with Gasteiger partial charge in [0.1, 0.15) is 0 Å². The summed E-state index contributed by atoms with van der Waals surface area (Å²) in [4.78, 5) is 4.10. The van der Waals surface area contributed by atoms with Gasteiger partial charge in [0.05, 0.1) is 10.6 Å². The highest BCUT2D eigenvalue weighted by Crippen LogP contribution is 2.24. The molecule has 1 aromatic carbocycles. The minimum atomic E-state index is -3.55. The van der Waals surface area contributed by atoms with Crippen LogP contribution in [-0.4, -0.2) is 13.4 Å². The second-order valence-corrected chi connectivity index (χ2v) is 7.30. The van der Waals surface area contributed by atoms with Crippen LogP contribution < -0.4 is 4.72 Å². The summed E-state index contributed by atoms with van der Waals surface area (Å²) >= 11 is 0. The molecule has 0 saturated heterocycles. The van der Waals surface area contributed by atoms with E-state index in [0.717, 1.165) is 5.56 Å². The summed E-state index contributed by atoms with van der Waals surface area (Å²) < 4.78 is 27.0. The summed E-state index contributed by atoms with van der Waals surface area (Å²) in [6.45, 7) is 6.27. The number of hydrogen-bond acceptors (Lipinski definition) is 3. The van der Waals surface area contributed by atoms with E-state index in [1.165, 1.54) is 0 Å². The number of aromatic nitrogens is 1. The first-order chi connectivity index (χ1) is 9.29. The molecule has 2 aromatic rings. The molecule has 0 bridgehead atoms. The molecule has 1 N–H and O–H groups in total. The fourth-order valence-corrected chi connectivity index (χ4v) is 2.83. The van der Waals surface area contributed by atoms with Crippen LogP contribution in [0.15, 0.2) is 53.7 Å². The van der Waals surface area contributed by atoms with Crippen molar-refractivity contribution in [1.82, 2.24) is 4.98 Å². The average molecular weight is 290 g/mol. The second-order valence-electron chi connectivity index (χ2n) is 5.62. The molecule has 2 rings (SSSR count). The Hall–Kier alpha value is -1.88. The van der Waals surface area contributed by atoms with Gasteiger partial charge in [0, 0.05) is 12.4 Å². The molecule has 0 spiro atoms. The van der Waals surface area contributed by atoms with E-state index >= 15 is 0 Å². The van der Waals surface area contributed by atoms with Crippen molar-refractivity contribution < 1.29 is 8.42 Å². The Labute approximate surface area is 119 Å². The van der Waals surface area contributed by atoms with Crippen molar-refractivity contribution >= 4 is 15.7 Å². The molecule has 0 fully saturated rings. The molecule has 4 nitrogen and oxygen atoms in total. The highest BCUT2D eigenvalue weighted by molar-refractivity contribution is 7.92. The van der Waals surface area contributed by atoms with Gasteiger partial charge < -0.3 is 0 Å². The molecule has 5 heteroatoms. The highest BCUT2D eigenvalue weighted by atomic mass is 32.2. The quantitative estimate of drug-likeness (QED) is 0.944. The standard InChI is InChI=1S/C15H18N2O2S/c1-15(2,3)12-4-6-14(7-5-12)20(18,19)17-13-8-10-16-11-9-13/h4-11H,1-3H3,(H,16,17). The molecule has 0 radical (unpaired) electrons. The molecule has 0 aliphatic rings. The van der Waals surface area contributed by atoms with Crippen LogP contribution in [0.2, 0.25) is 0 Å². The lowest BCUT2D eigenvalue weighted by Crippen LogP contribution is -2.14. The molecule has 0 unspecified atom stereocenters.